The van der Waals surface area contributed by atoms with Crippen LogP contribution in [0.15, 0.2) is 24.3 Å². The van der Waals surface area contributed by atoms with Crippen LogP contribution in [0.1, 0.15) is 37.4 Å². The highest BCUT2D eigenvalue weighted by molar-refractivity contribution is 6.31. The monoisotopic (exact) mass is 308 g/mol. The Labute approximate surface area is 132 Å². The molecule has 1 aromatic rings. The summed E-state index contributed by atoms with van der Waals surface area (Å²) in [5, 5.41) is 11.1. The number of nitrogens with zero attached hydrogens (tertiary/aromatic N) is 2. The third-order valence-electron chi connectivity index (χ3n) is 4.83. The van der Waals surface area contributed by atoms with Crippen molar-refractivity contribution < 1.29 is 5.11 Å². The predicted molar refractivity (Wildman–Crippen MR) is 86.7 cm³/mol. The van der Waals surface area contributed by atoms with Crippen molar-refractivity contribution in [3.8, 4) is 0 Å². The Morgan fingerprint density at radius 1 is 1.14 bits per heavy atom. The average molecular weight is 309 g/mol. The largest absolute Gasteiger partial charge is 0.387 e. The summed E-state index contributed by atoms with van der Waals surface area (Å²) in [6.45, 7) is 5.37. The van der Waals surface area contributed by atoms with Crippen LogP contribution in [0.5, 0.6) is 0 Å². The summed E-state index contributed by atoms with van der Waals surface area (Å²) < 4.78 is 0. The Hall–Kier alpha value is -0.610. The molecule has 2 fully saturated rings. The van der Waals surface area contributed by atoms with Crippen molar-refractivity contribution >= 4 is 11.6 Å². The summed E-state index contributed by atoms with van der Waals surface area (Å²) in [5.74, 6) is 0. The molecule has 2 atom stereocenters. The van der Waals surface area contributed by atoms with E-state index in [9.17, 15) is 5.11 Å². The van der Waals surface area contributed by atoms with Crippen molar-refractivity contribution in [3.63, 3.8) is 0 Å². The maximum atomic E-state index is 10.5. The number of aliphatic hydroxyl groups is 1. The van der Waals surface area contributed by atoms with Crippen molar-refractivity contribution in [3.05, 3.63) is 34.9 Å². The number of halogens is 1. The lowest BCUT2D eigenvalue weighted by Gasteiger charge is -2.38. The number of β-amino-alcohol motifs (C(OH)–C–C–N with tert-alkyl or cyclic N) is 1. The molecule has 0 unspecified atom stereocenters. The summed E-state index contributed by atoms with van der Waals surface area (Å²) in [5.41, 5.74) is 0.850. The first-order valence-corrected chi connectivity index (χ1v) is 8.51. The van der Waals surface area contributed by atoms with Gasteiger partial charge in [0.25, 0.3) is 0 Å². The van der Waals surface area contributed by atoms with E-state index in [0.29, 0.717) is 17.6 Å². The van der Waals surface area contributed by atoms with Crippen molar-refractivity contribution in [2.75, 3.05) is 32.7 Å². The molecule has 21 heavy (non-hydrogen) atoms. The van der Waals surface area contributed by atoms with E-state index in [4.69, 9.17) is 11.6 Å². The van der Waals surface area contributed by atoms with Gasteiger partial charge in [0.1, 0.15) is 0 Å². The van der Waals surface area contributed by atoms with Gasteiger partial charge in [0.05, 0.1) is 6.10 Å². The third-order valence-corrected chi connectivity index (χ3v) is 5.18. The minimum absolute atomic E-state index is 0.490. The summed E-state index contributed by atoms with van der Waals surface area (Å²) in [6.07, 6.45) is 4.74. The van der Waals surface area contributed by atoms with Crippen molar-refractivity contribution in [2.45, 2.75) is 37.8 Å². The predicted octanol–water partition coefficient (Wildman–Crippen LogP) is 2.93. The van der Waals surface area contributed by atoms with Gasteiger partial charge >= 0.3 is 0 Å². The fraction of sp³-hybridized carbons (Fsp3) is 0.647. The highest BCUT2D eigenvalue weighted by atomic mass is 35.5. The minimum Gasteiger partial charge on any atom is -0.387 e. The number of piperidine rings is 1. The lowest BCUT2D eigenvalue weighted by atomic mass is 10.0. The van der Waals surface area contributed by atoms with Gasteiger partial charge in [-0.05, 0) is 51.4 Å². The SMILES string of the molecule is O[C@@H](CN1CCC[C@H](N2CCCC2)C1)c1ccccc1Cl. The Morgan fingerprint density at radius 2 is 1.90 bits per heavy atom. The Morgan fingerprint density at radius 3 is 2.67 bits per heavy atom. The molecular formula is C17H25ClN2O. The van der Waals surface area contributed by atoms with Gasteiger partial charge in [0.2, 0.25) is 0 Å². The maximum Gasteiger partial charge on any atom is 0.0931 e. The number of likely N-dealkylation sites (tertiary alicyclic amines) is 2. The molecule has 2 aliphatic rings. The molecule has 3 nitrogen and oxygen atoms in total. The summed E-state index contributed by atoms with van der Waals surface area (Å²) in [4.78, 5) is 5.04. The zero-order valence-corrected chi connectivity index (χ0v) is 13.3. The van der Waals surface area contributed by atoms with Gasteiger partial charge in [0.15, 0.2) is 0 Å². The van der Waals surface area contributed by atoms with Crippen LogP contribution in [0, 0.1) is 0 Å². The normalized spacial score (nSPS) is 26.1. The highest BCUT2D eigenvalue weighted by Crippen LogP contribution is 2.26. The molecule has 2 aliphatic heterocycles. The summed E-state index contributed by atoms with van der Waals surface area (Å²) in [6, 6.07) is 8.30. The van der Waals surface area contributed by atoms with E-state index in [1.54, 1.807) is 0 Å². The van der Waals surface area contributed by atoms with Gasteiger partial charge in [-0.2, -0.15) is 0 Å². The van der Waals surface area contributed by atoms with Crippen molar-refractivity contribution in [2.24, 2.45) is 0 Å². The fourth-order valence-corrected chi connectivity index (χ4v) is 3.95. The third kappa shape index (κ3) is 3.78. The molecule has 1 aromatic carbocycles. The van der Waals surface area contributed by atoms with E-state index < -0.39 is 6.10 Å². The Balaban J connectivity index is 1.58. The van der Waals surface area contributed by atoms with Gasteiger partial charge in [-0.1, -0.05) is 29.8 Å². The molecule has 0 radical (unpaired) electrons. The molecule has 0 saturated carbocycles. The first kappa shape index (κ1) is 15.3. The second-order valence-electron chi connectivity index (χ2n) is 6.34. The highest BCUT2D eigenvalue weighted by Gasteiger charge is 2.28. The quantitative estimate of drug-likeness (QED) is 0.926. The Bertz CT molecular complexity index is 462. The first-order valence-electron chi connectivity index (χ1n) is 8.13. The van der Waals surface area contributed by atoms with Crippen LogP contribution >= 0.6 is 11.6 Å². The van der Waals surface area contributed by atoms with Gasteiger partial charge in [-0.25, -0.2) is 0 Å². The topological polar surface area (TPSA) is 26.7 Å². The Kier molecular flexibility index (Phi) is 5.17. The van der Waals surface area contributed by atoms with Gasteiger partial charge in [-0.15, -0.1) is 0 Å². The van der Waals surface area contributed by atoms with Gasteiger partial charge < -0.3 is 5.11 Å². The summed E-state index contributed by atoms with van der Waals surface area (Å²) >= 11 is 6.18. The zero-order chi connectivity index (χ0) is 14.7. The van der Waals surface area contributed by atoms with Crippen molar-refractivity contribution in [1.29, 1.82) is 0 Å². The molecule has 2 heterocycles. The number of hydrogen-bond acceptors (Lipinski definition) is 3. The smallest absolute Gasteiger partial charge is 0.0931 e. The first-order chi connectivity index (χ1) is 10.2. The molecule has 0 bridgehead atoms. The summed E-state index contributed by atoms with van der Waals surface area (Å²) in [7, 11) is 0. The van der Waals surface area contributed by atoms with Crippen LogP contribution in [-0.4, -0.2) is 53.7 Å². The van der Waals surface area contributed by atoms with Crippen molar-refractivity contribution in [1.82, 2.24) is 9.80 Å². The van der Waals surface area contributed by atoms with E-state index in [0.717, 1.165) is 18.7 Å². The van der Waals surface area contributed by atoms with Crippen LogP contribution in [-0.2, 0) is 0 Å². The number of benzene rings is 1. The molecule has 4 heteroatoms. The van der Waals surface area contributed by atoms with Crippen LogP contribution < -0.4 is 0 Å². The molecule has 0 aliphatic carbocycles. The number of aliphatic hydroxyl groups excluding tert-OH is 1. The molecule has 0 aromatic heterocycles. The lowest BCUT2D eigenvalue weighted by Crippen LogP contribution is -2.47. The zero-order valence-electron chi connectivity index (χ0n) is 12.5. The average Bonchev–Trinajstić information content (AvgIpc) is 3.02. The molecule has 2 saturated heterocycles. The lowest BCUT2D eigenvalue weighted by molar-refractivity contribution is 0.0651. The molecule has 116 valence electrons. The fourth-order valence-electron chi connectivity index (χ4n) is 3.69. The van der Waals surface area contributed by atoms with E-state index in [1.807, 2.05) is 24.3 Å². The van der Waals surface area contributed by atoms with E-state index in [2.05, 4.69) is 9.80 Å². The van der Waals surface area contributed by atoms with E-state index in [1.165, 1.54) is 38.8 Å². The maximum absolute atomic E-state index is 10.5. The van der Waals surface area contributed by atoms with E-state index in [-0.39, 0.29) is 0 Å². The molecule has 0 amide bonds. The minimum atomic E-state index is -0.490. The molecule has 1 N–H and O–H groups in total. The number of rotatable bonds is 4. The van der Waals surface area contributed by atoms with Crippen LogP contribution in [0.2, 0.25) is 5.02 Å². The number of hydrogen-bond donors (Lipinski definition) is 1. The van der Waals surface area contributed by atoms with Crippen LogP contribution in [0.3, 0.4) is 0 Å². The molecule has 0 spiro atoms. The van der Waals surface area contributed by atoms with Gasteiger partial charge in [-0.3, -0.25) is 9.80 Å². The van der Waals surface area contributed by atoms with Crippen LogP contribution in [0.25, 0.3) is 0 Å². The second kappa shape index (κ2) is 7.10. The standard InChI is InChI=1S/C17H25ClN2O/c18-16-8-2-1-7-15(16)17(21)13-19-9-5-6-14(12-19)20-10-3-4-11-20/h1-2,7-8,14,17,21H,3-6,9-13H2/t14-,17-/m0/s1. The second-order valence-corrected chi connectivity index (χ2v) is 6.74. The molecular weight excluding hydrogens is 284 g/mol. The van der Waals surface area contributed by atoms with Crippen LogP contribution in [0.4, 0.5) is 0 Å². The van der Waals surface area contributed by atoms with Gasteiger partial charge in [0, 0.05) is 29.7 Å². The molecule has 3 rings (SSSR count). The van der Waals surface area contributed by atoms with E-state index >= 15 is 0 Å².